The molecule has 2 aromatic heterocycles. The molecule has 1 amide bonds. The third-order valence-electron chi connectivity index (χ3n) is 2.79. The predicted octanol–water partition coefficient (Wildman–Crippen LogP) is 2.05. The normalized spacial score (nSPS) is 10.5. The number of nitrogens with zero attached hydrogens (tertiary/aromatic N) is 2. The van der Waals surface area contributed by atoms with Crippen LogP contribution in [0.25, 0.3) is 0 Å². The van der Waals surface area contributed by atoms with E-state index in [0.29, 0.717) is 10.6 Å². The van der Waals surface area contributed by atoms with Crippen LogP contribution in [-0.4, -0.2) is 26.8 Å². The summed E-state index contributed by atoms with van der Waals surface area (Å²) in [5.41, 5.74) is 1.27. The van der Waals surface area contributed by atoms with Crippen LogP contribution in [0.4, 0.5) is 5.00 Å². The predicted molar refractivity (Wildman–Crippen MR) is 71.9 cm³/mol. The number of amides is 1. The molecule has 0 saturated heterocycles. The van der Waals surface area contributed by atoms with E-state index in [9.17, 15) is 9.59 Å². The van der Waals surface area contributed by atoms with Gasteiger partial charge in [-0.2, -0.15) is 5.10 Å². The van der Waals surface area contributed by atoms with Gasteiger partial charge < -0.3 is 10.4 Å². The topological polar surface area (TPSA) is 84.2 Å². The van der Waals surface area contributed by atoms with Crippen LogP contribution >= 0.6 is 11.3 Å². The van der Waals surface area contributed by atoms with Crippen LogP contribution in [0.1, 0.15) is 31.3 Å². The highest BCUT2D eigenvalue weighted by atomic mass is 32.1. The van der Waals surface area contributed by atoms with Crippen LogP contribution in [0.15, 0.2) is 12.3 Å². The molecular formula is C12H13N3O3S. The van der Waals surface area contributed by atoms with E-state index in [1.165, 1.54) is 17.5 Å². The summed E-state index contributed by atoms with van der Waals surface area (Å²) in [6.45, 7) is 3.57. The Morgan fingerprint density at radius 1 is 1.37 bits per heavy atom. The van der Waals surface area contributed by atoms with Crippen molar-refractivity contribution in [3.63, 3.8) is 0 Å². The molecule has 6 nitrogen and oxygen atoms in total. The Kier molecular flexibility index (Phi) is 3.39. The number of rotatable bonds is 3. The minimum atomic E-state index is -1.05. The van der Waals surface area contributed by atoms with Crippen molar-refractivity contribution in [1.82, 2.24) is 9.78 Å². The van der Waals surface area contributed by atoms with Crippen LogP contribution in [-0.2, 0) is 7.05 Å². The van der Waals surface area contributed by atoms with Gasteiger partial charge >= 0.3 is 5.97 Å². The first kappa shape index (κ1) is 13.3. The fourth-order valence-electron chi connectivity index (χ4n) is 1.66. The zero-order chi connectivity index (χ0) is 14.2. The minimum Gasteiger partial charge on any atom is -0.478 e. The summed E-state index contributed by atoms with van der Waals surface area (Å²) in [6, 6.07) is 1.54. The maximum atomic E-state index is 12.1. The number of aromatic carboxylic acids is 1. The van der Waals surface area contributed by atoms with Gasteiger partial charge in [0.15, 0.2) is 0 Å². The number of carbonyl (C=O) groups is 2. The summed E-state index contributed by atoms with van der Waals surface area (Å²) in [6.07, 6.45) is 1.46. The van der Waals surface area contributed by atoms with Gasteiger partial charge in [-0.25, -0.2) is 4.79 Å². The highest BCUT2D eigenvalue weighted by molar-refractivity contribution is 7.16. The summed E-state index contributed by atoms with van der Waals surface area (Å²) in [4.78, 5) is 24.0. The first-order valence-corrected chi connectivity index (χ1v) is 6.35. The van der Waals surface area contributed by atoms with Crippen molar-refractivity contribution < 1.29 is 14.7 Å². The molecule has 0 radical (unpaired) electrons. The van der Waals surface area contributed by atoms with Crippen molar-refractivity contribution in [2.45, 2.75) is 13.8 Å². The monoisotopic (exact) mass is 279 g/mol. The lowest BCUT2D eigenvalue weighted by Crippen LogP contribution is -2.14. The number of anilines is 1. The standard InChI is InChI=1S/C12H13N3O3S/c1-6-4-8(12(17)18)11(19-6)14-10(16)9-5-13-15(3)7(9)2/h4-5H,1-3H3,(H,14,16)(H,17,18). The molecule has 2 aromatic rings. The molecule has 0 aliphatic rings. The number of hydrogen-bond acceptors (Lipinski definition) is 4. The molecule has 0 aromatic carbocycles. The van der Waals surface area contributed by atoms with Gasteiger partial charge in [0.05, 0.1) is 17.3 Å². The van der Waals surface area contributed by atoms with Crippen molar-refractivity contribution in [3.05, 3.63) is 34.0 Å². The van der Waals surface area contributed by atoms with Gasteiger partial charge in [0.25, 0.3) is 5.91 Å². The quantitative estimate of drug-likeness (QED) is 0.900. The van der Waals surface area contributed by atoms with Gasteiger partial charge in [0, 0.05) is 17.6 Å². The van der Waals surface area contributed by atoms with E-state index < -0.39 is 5.97 Å². The number of hydrogen-bond donors (Lipinski definition) is 2. The van der Waals surface area contributed by atoms with E-state index in [0.717, 1.165) is 10.6 Å². The van der Waals surface area contributed by atoms with E-state index in [4.69, 9.17) is 5.11 Å². The van der Waals surface area contributed by atoms with Crippen LogP contribution in [0.2, 0.25) is 0 Å². The Hall–Kier alpha value is -2.15. The van der Waals surface area contributed by atoms with E-state index in [-0.39, 0.29) is 11.5 Å². The third-order valence-corrected chi connectivity index (χ3v) is 3.76. The van der Waals surface area contributed by atoms with E-state index in [1.54, 1.807) is 31.6 Å². The third kappa shape index (κ3) is 2.50. The van der Waals surface area contributed by atoms with E-state index >= 15 is 0 Å². The molecule has 0 aliphatic heterocycles. The maximum Gasteiger partial charge on any atom is 0.338 e. The molecule has 0 bridgehead atoms. The molecule has 100 valence electrons. The van der Waals surface area contributed by atoms with Crippen molar-refractivity contribution in [3.8, 4) is 0 Å². The number of nitrogens with one attached hydrogen (secondary N) is 1. The van der Waals surface area contributed by atoms with Gasteiger partial charge in [-0.3, -0.25) is 9.48 Å². The van der Waals surface area contributed by atoms with Gasteiger partial charge in [0.2, 0.25) is 0 Å². The van der Waals surface area contributed by atoms with Crippen molar-refractivity contribution >= 4 is 28.2 Å². The van der Waals surface area contributed by atoms with Crippen LogP contribution in [0.5, 0.6) is 0 Å². The van der Waals surface area contributed by atoms with Gasteiger partial charge in [-0.05, 0) is 19.9 Å². The van der Waals surface area contributed by atoms with Gasteiger partial charge in [-0.1, -0.05) is 0 Å². The molecule has 2 N–H and O–H groups in total. The van der Waals surface area contributed by atoms with Gasteiger partial charge in [0.1, 0.15) is 5.00 Å². The number of aryl methyl sites for hydroxylation is 2. The second-order valence-corrected chi connectivity index (χ2v) is 5.38. The summed E-state index contributed by atoms with van der Waals surface area (Å²) in [7, 11) is 1.74. The summed E-state index contributed by atoms with van der Waals surface area (Å²) >= 11 is 1.24. The molecule has 0 spiro atoms. The zero-order valence-corrected chi connectivity index (χ0v) is 11.5. The lowest BCUT2D eigenvalue weighted by molar-refractivity contribution is 0.0698. The lowest BCUT2D eigenvalue weighted by Gasteiger charge is -2.03. The number of thiophene rings is 1. The molecule has 0 saturated carbocycles. The molecule has 19 heavy (non-hydrogen) atoms. The Balaban J connectivity index is 2.29. The van der Waals surface area contributed by atoms with E-state index in [2.05, 4.69) is 10.4 Å². The average molecular weight is 279 g/mol. The fraction of sp³-hybridized carbons (Fsp3) is 0.250. The fourth-order valence-corrected chi connectivity index (χ4v) is 2.56. The number of aromatic nitrogens is 2. The second-order valence-electron chi connectivity index (χ2n) is 4.13. The molecule has 0 aliphatic carbocycles. The van der Waals surface area contributed by atoms with Crippen LogP contribution in [0.3, 0.4) is 0 Å². The first-order valence-electron chi connectivity index (χ1n) is 5.54. The highest BCUT2D eigenvalue weighted by Gasteiger charge is 2.18. The molecular weight excluding hydrogens is 266 g/mol. The average Bonchev–Trinajstić information content (AvgIpc) is 2.84. The lowest BCUT2D eigenvalue weighted by atomic mass is 10.2. The number of carboxylic acids is 1. The number of carboxylic acid groups (broad SMARTS) is 1. The smallest absolute Gasteiger partial charge is 0.338 e. The Labute approximate surface area is 113 Å². The molecule has 0 atom stereocenters. The SMILES string of the molecule is Cc1cc(C(=O)O)c(NC(=O)c2cnn(C)c2C)s1. The van der Waals surface area contributed by atoms with Gasteiger partial charge in [-0.15, -0.1) is 11.3 Å². The van der Waals surface area contributed by atoms with Crippen molar-refractivity contribution in [1.29, 1.82) is 0 Å². The molecule has 2 rings (SSSR count). The molecule has 0 unspecified atom stereocenters. The highest BCUT2D eigenvalue weighted by Crippen LogP contribution is 2.28. The summed E-state index contributed by atoms with van der Waals surface area (Å²) in [5.74, 6) is -1.41. The first-order chi connectivity index (χ1) is 8.90. The van der Waals surface area contributed by atoms with Crippen LogP contribution < -0.4 is 5.32 Å². The van der Waals surface area contributed by atoms with Crippen LogP contribution in [0, 0.1) is 13.8 Å². The minimum absolute atomic E-state index is 0.109. The Bertz CT molecular complexity index is 657. The molecule has 0 fully saturated rings. The van der Waals surface area contributed by atoms with Crippen molar-refractivity contribution in [2.24, 2.45) is 7.05 Å². The Morgan fingerprint density at radius 2 is 2.05 bits per heavy atom. The largest absolute Gasteiger partial charge is 0.478 e. The summed E-state index contributed by atoms with van der Waals surface area (Å²) in [5, 5.41) is 16.0. The second kappa shape index (κ2) is 4.85. The zero-order valence-electron chi connectivity index (χ0n) is 10.7. The molecule has 2 heterocycles. The maximum absolute atomic E-state index is 12.1. The molecule has 7 heteroatoms. The Morgan fingerprint density at radius 3 is 2.58 bits per heavy atom. The van der Waals surface area contributed by atoms with E-state index in [1.807, 2.05) is 0 Å². The van der Waals surface area contributed by atoms with Crippen molar-refractivity contribution in [2.75, 3.05) is 5.32 Å². The summed E-state index contributed by atoms with van der Waals surface area (Å²) < 4.78 is 1.59. The number of carbonyl (C=O) groups excluding carboxylic acids is 1.